The molecule has 1 aliphatic rings. The highest BCUT2D eigenvalue weighted by Gasteiger charge is 2.29. The van der Waals surface area contributed by atoms with E-state index in [1.165, 1.54) is 33.5 Å². The fraction of sp³-hybridized carbons (Fsp3) is 0.571. The molecule has 1 aliphatic heterocycles. The Morgan fingerprint density at radius 3 is 2.17 bits per heavy atom. The van der Waals surface area contributed by atoms with Crippen molar-refractivity contribution >= 4 is 22.4 Å². The molecule has 132 valence electrons. The van der Waals surface area contributed by atoms with Crippen molar-refractivity contribution in [2.24, 2.45) is 0 Å². The molecule has 1 aromatic carbocycles. The average molecular weight is 367 g/mol. The van der Waals surface area contributed by atoms with Gasteiger partial charge in [0.05, 0.1) is 21.3 Å². The first-order valence-corrected chi connectivity index (χ1v) is 8.53. The molecule has 0 aliphatic carbocycles. The number of ether oxygens (including phenoxy) is 3. The predicted molar refractivity (Wildman–Crippen MR) is 89.6 cm³/mol. The summed E-state index contributed by atoms with van der Waals surface area (Å²) in [4.78, 5) is -0.0103. The van der Waals surface area contributed by atoms with Crippen molar-refractivity contribution in [3.05, 3.63) is 12.1 Å². The Kier molecular flexibility index (Phi) is 7.40. The van der Waals surface area contributed by atoms with Crippen molar-refractivity contribution in [2.75, 3.05) is 34.4 Å². The second-order valence-electron chi connectivity index (χ2n) is 5.03. The third kappa shape index (κ3) is 4.63. The summed E-state index contributed by atoms with van der Waals surface area (Å²) in [6.07, 6.45) is 1.73. The Bertz CT molecular complexity index is 593. The molecule has 0 saturated carbocycles. The van der Waals surface area contributed by atoms with Gasteiger partial charge in [0.2, 0.25) is 10.0 Å². The molecule has 1 aromatic rings. The number of piperidine rings is 1. The number of rotatable bonds is 6. The zero-order chi connectivity index (χ0) is 16.2. The lowest BCUT2D eigenvalue weighted by Gasteiger charge is -2.24. The van der Waals surface area contributed by atoms with Gasteiger partial charge in [0.1, 0.15) is 17.2 Å². The Balaban J connectivity index is 0.00000264. The first kappa shape index (κ1) is 19.8. The zero-order valence-corrected chi connectivity index (χ0v) is 15.1. The fourth-order valence-electron chi connectivity index (χ4n) is 2.47. The maximum Gasteiger partial charge on any atom is 0.248 e. The molecule has 2 N–H and O–H groups in total. The molecule has 1 heterocycles. The molecule has 9 heteroatoms. The van der Waals surface area contributed by atoms with Crippen LogP contribution in [0.3, 0.4) is 0 Å². The summed E-state index contributed by atoms with van der Waals surface area (Å²) in [5.41, 5.74) is 0. The van der Waals surface area contributed by atoms with E-state index in [2.05, 4.69) is 10.0 Å². The lowest BCUT2D eigenvalue weighted by molar-refractivity contribution is 0.357. The number of benzene rings is 1. The van der Waals surface area contributed by atoms with Gasteiger partial charge in [-0.1, -0.05) is 0 Å². The summed E-state index contributed by atoms with van der Waals surface area (Å²) in [5, 5.41) is 3.17. The molecule has 1 atom stereocenters. The predicted octanol–water partition coefficient (Wildman–Crippen LogP) is 1.16. The van der Waals surface area contributed by atoms with Crippen LogP contribution in [0.4, 0.5) is 0 Å². The second-order valence-corrected chi connectivity index (χ2v) is 6.68. The molecule has 0 bridgehead atoms. The van der Waals surface area contributed by atoms with Gasteiger partial charge in [-0.15, -0.1) is 12.4 Å². The van der Waals surface area contributed by atoms with Crippen molar-refractivity contribution in [2.45, 2.75) is 23.8 Å². The molecule has 23 heavy (non-hydrogen) atoms. The topological polar surface area (TPSA) is 85.9 Å². The summed E-state index contributed by atoms with van der Waals surface area (Å²) >= 11 is 0. The van der Waals surface area contributed by atoms with E-state index in [1.807, 2.05) is 0 Å². The zero-order valence-electron chi connectivity index (χ0n) is 13.4. The lowest BCUT2D eigenvalue weighted by Crippen LogP contribution is -2.45. The van der Waals surface area contributed by atoms with Crippen LogP contribution in [0.1, 0.15) is 12.8 Å². The highest BCUT2D eigenvalue weighted by atomic mass is 35.5. The van der Waals surface area contributed by atoms with Gasteiger partial charge < -0.3 is 19.5 Å². The van der Waals surface area contributed by atoms with Gasteiger partial charge in [0.15, 0.2) is 4.90 Å². The number of hydrogen-bond donors (Lipinski definition) is 2. The van der Waals surface area contributed by atoms with Crippen LogP contribution in [-0.4, -0.2) is 48.9 Å². The summed E-state index contributed by atoms with van der Waals surface area (Å²) in [6.45, 7) is 1.52. The normalized spacial score (nSPS) is 18.0. The first-order chi connectivity index (χ1) is 10.5. The molecule has 0 aromatic heterocycles. The molecule has 1 fully saturated rings. The van der Waals surface area contributed by atoms with Crippen LogP contribution in [0.15, 0.2) is 17.0 Å². The van der Waals surface area contributed by atoms with Gasteiger partial charge in [-0.25, -0.2) is 13.1 Å². The quantitative estimate of drug-likeness (QED) is 0.786. The average Bonchev–Trinajstić information content (AvgIpc) is 2.53. The van der Waals surface area contributed by atoms with E-state index < -0.39 is 10.0 Å². The van der Waals surface area contributed by atoms with Crippen LogP contribution in [-0.2, 0) is 10.0 Å². The highest BCUT2D eigenvalue weighted by Crippen LogP contribution is 2.37. The standard InChI is InChI=1S/C14H22N2O5S.ClH/c1-19-11-7-12(20-2)14(13(8-11)21-3)22(17,18)16-10-5-4-6-15-9-10;/h7-8,10,15-16H,4-6,9H2,1-3H3;1H/t10-;/m0./s1. The summed E-state index contributed by atoms with van der Waals surface area (Å²) in [5.74, 6) is 0.840. The van der Waals surface area contributed by atoms with Gasteiger partial charge >= 0.3 is 0 Å². The Labute approximate surface area is 143 Å². The maximum absolute atomic E-state index is 12.7. The van der Waals surface area contributed by atoms with Gasteiger partial charge in [-0.05, 0) is 19.4 Å². The summed E-state index contributed by atoms with van der Waals surface area (Å²) in [7, 11) is 0.553. The highest BCUT2D eigenvalue weighted by molar-refractivity contribution is 7.89. The lowest BCUT2D eigenvalue weighted by atomic mass is 10.1. The fourth-order valence-corrected chi connectivity index (χ4v) is 4.04. The number of methoxy groups -OCH3 is 3. The monoisotopic (exact) mass is 366 g/mol. The summed E-state index contributed by atoms with van der Waals surface area (Å²) in [6, 6.07) is 2.90. The number of sulfonamides is 1. The Morgan fingerprint density at radius 2 is 1.74 bits per heavy atom. The number of halogens is 1. The number of nitrogens with one attached hydrogen (secondary N) is 2. The molecule has 0 amide bonds. The van der Waals surface area contributed by atoms with Gasteiger partial charge in [0, 0.05) is 24.7 Å². The largest absolute Gasteiger partial charge is 0.496 e. The van der Waals surface area contributed by atoms with E-state index >= 15 is 0 Å². The molecule has 7 nitrogen and oxygen atoms in total. The maximum atomic E-state index is 12.7. The van der Waals surface area contributed by atoms with Crippen molar-refractivity contribution in [1.29, 1.82) is 0 Å². The minimum atomic E-state index is -3.77. The minimum Gasteiger partial charge on any atom is -0.496 e. The van der Waals surface area contributed by atoms with Crippen LogP contribution >= 0.6 is 12.4 Å². The summed E-state index contributed by atoms with van der Waals surface area (Å²) < 4.78 is 43.7. The van der Waals surface area contributed by atoms with Crippen LogP contribution in [0.2, 0.25) is 0 Å². The minimum absolute atomic E-state index is 0. The Morgan fingerprint density at radius 1 is 1.13 bits per heavy atom. The Hall–Kier alpha value is -1.22. The number of hydrogen-bond acceptors (Lipinski definition) is 6. The van der Waals surface area contributed by atoms with Crippen LogP contribution < -0.4 is 24.2 Å². The molecular weight excluding hydrogens is 344 g/mol. The van der Waals surface area contributed by atoms with Crippen molar-refractivity contribution in [3.63, 3.8) is 0 Å². The van der Waals surface area contributed by atoms with E-state index in [0.29, 0.717) is 12.3 Å². The van der Waals surface area contributed by atoms with Crippen LogP contribution in [0.5, 0.6) is 17.2 Å². The molecule has 0 radical (unpaired) electrons. The molecular formula is C14H23ClN2O5S. The van der Waals surface area contributed by atoms with Gasteiger partial charge in [0.25, 0.3) is 0 Å². The second kappa shape index (κ2) is 8.58. The third-order valence-corrected chi connectivity index (χ3v) is 5.14. The van der Waals surface area contributed by atoms with Crippen LogP contribution in [0.25, 0.3) is 0 Å². The van der Waals surface area contributed by atoms with Crippen molar-refractivity contribution in [1.82, 2.24) is 10.0 Å². The van der Waals surface area contributed by atoms with E-state index in [4.69, 9.17) is 14.2 Å². The van der Waals surface area contributed by atoms with Gasteiger partial charge in [-0.2, -0.15) is 0 Å². The SMILES string of the molecule is COc1cc(OC)c(S(=O)(=O)N[C@H]2CCCNC2)c(OC)c1.Cl. The molecule has 0 spiro atoms. The van der Waals surface area contributed by atoms with Crippen molar-refractivity contribution < 1.29 is 22.6 Å². The third-order valence-electron chi connectivity index (χ3n) is 3.56. The molecule has 1 saturated heterocycles. The van der Waals surface area contributed by atoms with E-state index in [0.717, 1.165) is 19.4 Å². The van der Waals surface area contributed by atoms with E-state index in [-0.39, 0.29) is 34.8 Å². The molecule has 2 rings (SSSR count). The smallest absolute Gasteiger partial charge is 0.248 e. The van der Waals surface area contributed by atoms with E-state index in [9.17, 15) is 8.42 Å². The van der Waals surface area contributed by atoms with Crippen molar-refractivity contribution in [3.8, 4) is 17.2 Å². The van der Waals surface area contributed by atoms with Crippen LogP contribution in [0, 0.1) is 0 Å². The van der Waals surface area contributed by atoms with Gasteiger partial charge in [-0.3, -0.25) is 0 Å². The first-order valence-electron chi connectivity index (χ1n) is 7.05. The van der Waals surface area contributed by atoms with E-state index in [1.54, 1.807) is 0 Å². The molecule has 0 unspecified atom stereocenters.